The van der Waals surface area contributed by atoms with Crippen LogP contribution in [-0.2, 0) is 22.4 Å². The molecule has 1 aromatic rings. The molecule has 0 radical (unpaired) electrons. The van der Waals surface area contributed by atoms with E-state index in [1.807, 2.05) is 0 Å². The van der Waals surface area contributed by atoms with Gasteiger partial charge in [-0.1, -0.05) is 0 Å². The van der Waals surface area contributed by atoms with E-state index in [4.69, 9.17) is 4.74 Å². The fraction of sp³-hybridized carbons (Fsp3) is 0.667. The molecule has 0 saturated carbocycles. The average molecular weight is 240 g/mol. The summed E-state index contributed by atoms with van der Waals surface area (Å²) >= 11 is 0. The smallest absolute Gasteiger partial charge is 0.362 e. The Morgan fingerprint density at radius 1 is 1.53 bits per heavy atom. The molecule has 1 aliphatic carbocycles. The lowest BCUT2D eigenvalue weighted by Gasteiger charge is -2.17. The van der Waals surface area contributed by atoms with Crippen LogP contribution in [0.25, 0.3) is 0 Å². The van der Waals surface area contributed by atoms with Crippen molar-refractivity contribution in [1.29, 1.82) is 0 Å². The number of carbonyl (C=O) groups is 1. The molecule has 1 aliphatic rings. The Bertz CT molecular complexity index is 428. The van der Waals surface area contributed by atoms with E-state index in [0.29, 0.717) is 5.82 Å². The molecule has 94 valence electrons. The largest absolute Gasteiger partial charge is 0.462 e. The van der Waals surface area contributed by atoms with Gasteiger partial charge in [0.1, 0.15) is 5.82 Å². The van der Waals surface area contributed by atoms with Crippen LogP contribution in [0, 0.1) is 6.92 Å². The molecule has 5 heteroatoms. The predicted molar refractivity (Wildman–Crippen MR) is 60.4 cm³/mol. The highest BCUT2D eigenvalue weighted by atomic mass is 19.1. The minimum absolute atomic E-state index is 0.190. The highest BCUT2D eigenvalue weighted by Crippen LogP contribution is 2.26. The third kappa shape index (κ3) is 2.18. The predicted octanol–water partition coefficient (Wildman–Crippen LogP) is 2.10. The van der Waals surface area contributed by atoms with Gasteiger partial charge in [-0.3, -0.25) is 4.57 Å². The molecule has 0 fully saturated rings. The first-order chi connectivity index (χ1) is 8.15. The summed E-state index contributed by atoms with van der Waals surface area (Å²) in [5.74, 6) is -0.279. The second-order valence-electron chi connectivity index (χ2n) is 4.22. The number of carbonyl (C=O) groups excluding carboxylic acids is 1. The number of hydrogen-bond donors (Lipinski definition) is 0. The lowest BCUT2D eigenvalue weighted by Crippen LogP contribution is -2.21. The van der Waals surface area contributed by atoms with Crippen LogP contribution in [0.5, 0.6) is 0 Å². The Kier molecular flexibility index (Phi) is 3.45. The van der Waals surface area contributed by atoms with Crippen molar-refractivity contribution >= 4 is 5.97 Å². The van der Waals surface area contributed by atoms with Gasteiger partial charge in [0.05, 0.1) is 12.3 Å². The summed E-state index contributed by atoms with van der Waals surface area (Å²) in [5, 5.41) is 0. The molecule has 0 amide bonds. The number of aromatic nitrogens is 2. The van der Waals surface area contributed by atoms with E-state index in [9.17, 15) is 9.18 Å². The summed E-state index contributed by atoms with van der Waals surface area (Å²) in [6.45, 7) is 3.58. The van der Waals surface area contributed by atoms with Crippen LogP contribution in [0.2, 0.25) is 0 Å². The van der Waals surface area contributed by atoms with Crippen molar-refractivity contribution in [2.24, 2.45) is 0 Å². The molecule has 0 bridgehead atoms. The van der Waals surface area contributed by atoms with Crippen molar-refractivity contribution in [2.45, 2.75) is 45.8 Å². The summed E-state index contributed by atoms with van der Waals surface area (Å²) in [6.07, 6.45) is 2.01. The Morgan fingerprint density at radius 2 is 2.24 bits per heavy atom. The molecule has 4 nitrogen and oxygen atoms in total. The molecule has 1 unspecified atom stereocenters. The molecule has 1 atom stereocenters. The van der Waals surface area contributed by atoms with E-state index in [1.165, 1.54) is 4.57 Å². The Balaban J connectivity index is 2.31. The van der Waals surface area contributed by atoms with Crippen molar-refractivity contribution in [1.82, 2.24) is 9.55 Å². The van der Waals surface area contributed by atoms with Crippen molar-refractivity contribution < 1.29 is 13.9 Å². The minimum Gasteiger partial charge on any atom is -0.462 e. The zero-order valence-electron chi connectivity index (χ0n) is 10.2. The number of hydrogen-bond acceptors (Lipinski definition) is 3. The zero-order valence-corrected chi connectivity index (χ0v) is 10.2. The monoisotopic (exact) mass is 240 g/mol. The van der Waals surface area contributed by atoms with Gasteiger partial charge in [-0.15, -0.1) is 0 Å². The number of halogens is 1. The zero-order chi connectivity index (χ0) is 12.4. The number of imidazole rings is 1. The fourth-order valence-corrected chi connectivity index (χ4v) is 2.32. The second kappa shape index (κ2) is 4.85. The molecule has 2 rings (SSSR count). The molecule has 1 heterocycles. The van der Waals surface area contributed by atoms with Crippen LogP contribution in [0.15, 0.2) is 0 Å². The van der Waals surface area contributed by atoms with Gasteiger partial charge in [0.15, 0.2) is 0 Å². The first-order valence-corrected chi connectivity index (χ1v) is 6.02. The second-order valence-corrected chi connectivity index (χ2v) is 4.22. The van der Waals surface area contributed by atoms with Crippen molar-refractivity contribution in [3.8, 4) is 0 Å². The Labute approximate surface area is 99.8 Å². The summed E-state index contributed by atoms with van der Waals surface area (Å²) in [4.78, 5) is 15.8. The topological polar surface area (TPSA) is 44.1 Å². The Morgan fingerprint density at radius 3 is 2.94 bits per heavy atom. The van der Waals surface area contributed by atoms with Gasteiger partial charge in [0.25, 0.3) is 6.30 Å². The highest BCUT2D eigenvalue weighted by molar-refractivity contribution is 5.72. The van der Waals surface area contributed by atoms with Crippen molar-refractivity contribution in [3.05, 3.63) is 17.2 Å². The van der Waals surface area contributed by atoms with E-state index < -0.39 is 12.3 Å². The number of ether oxygens (including phenoxy) is 1. The van der Waals surface area contributed by atoms with Crippen LogP contribution in [0.3, 0.4) is 0 Å². The van der Waals surface area contributed by atoms with Crippen LogP contribution in [0.1, 0.15) is 43.3 Å². The van der Waals surface area contributed by atoms with E-state index in [1.54, 1.807) is 13.8 Å². The standard InChI is InChI=1S/C12H17FN2O2/c1-3-17-12(16)11(13)15-8(2)14-9-6-4-5-7-10(9)15/h11H,3-7H2,1-2H3. The average Bonchev–Trinajstić information content (AvgIpc) is 2.64. The molecule has 1 aromatic heterocycles. The fourth-order valence-electron chi connectivity index (χ4n) is 2.32. The number of rotatable bonds is 3. The lowest BCUT2D eigenvalue weighted by atomic mass is 10.0. The molecular weight excluding hydrogens is 223 g/mol. The molecule has 0 saturated heterocycles. The van der Waals surface area contributed by atoms with Gasteiger partial charge in [0.2, 0.25) is 0 Å². The van der Waals surface area contributed by atoms with Gasteiger partial charge in [0, 0.05) is 5.69 Å². The summed E-state index contributed by atoms with van der Waals surface area (Å²) < 4.78 is 20.1. The van der Waals surface area contributed by atoms with E-state index in [2.05, 4.69) is 4.98 Å². The van der Waals surface area contributed by atoms with E-state index in [0.717, 1.165) is 37.1 Å². The van der Waals surface area contributed by atoms with Gasteiger partial charge in [-0.05, 0) is 39.5 Å². The van der Waals surface area contributed by atoms with Gasteiger partial charge in [-0.2, -0.15) is 0 Å². The number of nitrogens with zero attached hydrogens (tertiary/aromatic N) is 2. The van der Waals surface area contributed by atoms with Gasteiger partial charge < -0.3 is 4.74 Å². The molecular formula is C12H17FN2O2. The Hall–Kier alpha value is -1.39. The minimum atomic E-state index is -1.76. The first kappa shape index (κ1) is 12.1. The first-order valence-electron chi connectivity index (χ1n) is 6.02. The third-order valence-corrected chi connectivity index (χ3v) is 3.05. The van der Waals surface area contributed by atoms with E-state index in [-0.39, 0.29) is 6.61 Å². The maximum absolute atomic E-state index is 14.0. The van der Waals surface area contributed by atoms with E-state index >= 15 is 0 Å². The summed E-state index contributed by atoms with van der Waals surface area (Å²) in [7, 11) is 0. The molecule has 0 aliphatic heterocycles. The quantitative estimate of drug-likeness (QED) is 0.760. The van der Waals surface area contributed by atoms with Crippen LogP contribution >= 0.6 is 0 Å². The molecule has 0 N–H and O–H groups in total. The lowest BCUT2D eigenvalue weighted by molar-refractivity contribution is -0.153. The van der Waals surface area contributed by atoms with Gasteiger partial charge >= 0.3 is 5.97 Å². The van der Waals surface area contributed by atoms with Gasteiger partial charge in [-0.25, -0.2) is 14.2 Å². The molecule has 17 heavy (non-hydrogen) atoms. The number of alkyl halides is 1. The number of esters is 1. The normalized spacial score (nSPS) is 16.4. The maximum Gasteiger partial charge on any atom is 0.362 e. The maximum atomic E-state index is 14.0. The number of fused-ring (bicyclic) bond motifs is 1. The third-order valence-electron chi connectivity index (χ3n) is 3.05. The summed E-state index contributed by atoms with van der Waals surface area (Å²) in [5.41, 5.74) is 1.79. The van der Waals surface area contributed by atoms with Crippen LogP contribution in [0.4, 0.5) is 4.39 Å². The molecule has 0 aromatic carbocycles. The number of aryl methyl sites for hydroxylation is 2. The highest BCUT2D eigenvalue weighted by Gasteiger charge is 2.28. The van der Waals surface area contributed by atoms with Crippen LogP contribution in [-0.4, -0.2) is 22.1 Å². The summed E-state index contributed by atoms with van der Waals surface area (Å²) in [6, 6.07) is 0. The molecule has 0 spiro atoms. The SMILES string of the molecule is CCOC(=O)C(F)n1c(C)nc2c1CCCC2. The van der Waals surface area contributed by atoms with Crippen LogP contribution < -0.4 is 0 Å². The van der Waals surface area contributed by atoms with Crippen molar-refractivity contribution in [3.63, 3.8) is 0 Å². The van der Waals surface area contributed by atoms with Crippen molar-refractivity contribution in [2.75, 3.05) is 6.61 Å².